The topological polar surface area (TPSA) is 115 Å². The van der Waals surface area contributed by atoms with Gasteiger partial charge in [-0.25, -0.2) is 14.8 Å². The summed E-state index contributed by atoms with van der Waals surface area (Å²) in [6.45, 7) is 0. The van der Waals surface area contributed by atoms with Crippen LogP contribution < -0.4 is 10.9 Å². The van der Waals surface area contributed by atoms with Crippen LogP contribution in [-0.4, -0.2) is 21.8 Å². The highest BCUT2D eigenvalue weighted by Gasteiger charge is 2.25. The van der Waals surface area contributed by atoms with Crippen molar-refractivity contribution < 1.29 is 9.90 Å². The number of allylic oxidation sites excluding steroid dienone is 2. The SMILES string of the molecule is NSc1ccc(CC(C(=Nc2nc(C(=O)O)cs2)c2ccccc2)=C(N)CC2CC2)cc1. The lowest BCUT2D eigenvalue weighted by Crippen LogP contribution is -2.15. The number of aromatic carboxylic acids is 1. The van der Waals surface area contributed by atoms with Crippen LogP contribution in [0, 0.1) is 5.92 Å². The lowest BCUT2D eigenvalue weighted by molar-refractivity contribution is 0.0691. The van der Waals surface area contributed by atoms with E-state index < -0.39 is 5.97 Å². The van der Waals surface area contributed by atoms with Crippen molar-refractivity contribution in [2.45, 2.75) is 30.6 Å². The Kier molecular flexibility index (Phi) is 7.04. The second-order valence-corrected chi connectivity index (χ2v) is 9.28. The number of nitrogens with two attached hydrogens (primary N) is 2. The largest absolute Gasteiger partial charge is 0.476 e. The van der Waals surface area contributed by atoms with E-state index in [1.807, 2.05) is 54.6 Å². The summed E-state index contributed by atoms with van der Waals surface area (Å²) in [5.41, 5.74) is 11.2. The number of rotatable bonds is 9. The van der Waals surface area contributed by atoms with Gasteiger partial charge in [0.25, 0.3) is 0 Å². The van der Waals surface area contributed by atoms with Crippen molar-refractivity contribution in [2.24, 2.45) is 21.8 Å². The van der Waals surface area contributed by atoms with E-state index in [1.54, 1.807) is 0 Å². The summed E-state index contributed by atoms with van der Waals surface area (Å²) in [5.74, 6) is -0.442. The van der Waals surface area contributed by atoms with Crippen LogP contribution in [0.2, 0.25) is 0 Å². The molecule has 1 fully saturated rings. The van der Waals surface area contributed by atoms with Crippen LogP contribution >= 0.6 is 23.3 Å². The highest BCUT2D eigenvalue weighted by Crippen LogP contribution is 2.36. The van der Waals surface area contributed by atoms with E-state index in [1.165, 1.54) is 41.5 Å². The average molecular weight is 465 g/mol. The highest BCUT2D eigenvalue weighted by molar-refractivity contribution is 7.97. The number of thiazole rings is 1. The molecule has 5 N–H and O–H groups in total. The minimum Gasteiger partial charge on any atom is -0.476 e. The fourth-order valence-electron chi connectivity index (χ4n) is 3.41. The van der Waals surface area contributed by atoms with Crippen LogP contribution in [0.4, 0.5) is 5.13 Å². The number of aromatic nitrogens is 1. The normalized spacial score (nSPS) is 14.8. The van der Waals surface area contributed by atoms with Crippen molar-refractivity contribution >= 4 is 40.1 Å². The van der Waals surface area contributed by atoms with Crippen molar-refractivity contribution in [3.63, 3.8) is 0 Å². The molecule has 0 radical (unpaired) electrons. The Balaban J connectivity index is 1.79. The molecule has 6 nitrogen and oxygen atoms in total. The molecule has 1 aliphatic rings. The molecule has 2 aromatic carbocycles. The van der Waals surface area contributed by atoms with Gasteiger partial charge < -0.3 is 10.8 Å². The van der Waals surface area contributed by atoms with E-state index in [0.29, 0.717) is 17.5 Å². The first-order valence-corrected chi connectivity index (χ1v) is 12.1. The van der Waals surface area contributed by atoms with Gasteiger partial charge in [0.1, 0.15) is 0 Å². The third-order valence-electron chi connectivity index (χ3n) is 5.29. The predicted molar refractivity (Wildman–Crippen MR) is 130 cm³/mol. The zero-order chi connectivity index (χ0) is 22.5. The number of nitrogens with zero attached hydrogens (tertiary/aromatic N) is 2. The number of carboxylic acids is 1. The molecule has 0 bridgehead atoms. The summed E-state index contributed by atoms with van der Waals surface area (Å²) < 4.78 is 0. The fourth-order valence-corrected chi connectivity index (χ4v) is 4.37. The van der Waals surface area contributed by atoms with E-state index in [2.05, 4.69) is 4.98 Å². The Hall–Kier alpha value is -2.94. The first kappa shape index (κ1) is 22.3. The maximum absolute atomic E-state index is 11.3. The van der Waals surface area contributed by atoms with Crippen LogP contribution in [0.1, 0.15) is 40.9 Å². The molecular formula is C24H24N4O2S2. The Morgan fingerprint density at radius 2 is 1.88 bits per heavy atom. The number of hydrogen-bond donors (Lipinski definition) is 3. The van der Waals surface area contributed by atoms with E-state index in [4.69, 9.17) is 15.9 Å². The van der Waals surface area contributed by atoms with E-state index in [9.17, 15) is 9.90 Å². The van der Waals surface area contributed by atoms with Gasteiger partial charge in [0, 0.05) is 33.5 Å². The van der Waals surface area contributed by atoms with E-state index in [0.717, 1.165) is 39.4 Å². The molecule has 1 saturated carbocycles. The first-order chi connectivity index (χ1) is 15.5. The molecule has 32 heavy (non-hydrogen) atoms. The second kappa shape index (κ2) is 10.1. The Morgan fingerprint density at radius 3 is 2.47 bits per heavy atom. The number of benzene rings is 2. The zero-order valence-electron chi connectivity index (χ0n) is 17.4. The molecule has 1 heterocycles. The smallest absolute Gasteiger partial charge is 0.355 e. The Morgan fingerprint density at radius 1 is 1.16 bits per heavy atom. The van der Waals surface area contributed by atoms with Gasteiger partial charge in [-0.2, -0.15) is 0 Å². The minimum absolute atomic E-state index is 0.00693. The third-order valence-corrected chi connectivity index (χ3v) is 6.56. The average Bonchev–Trinajstić information content (AvgIpc) is 3.50. The molecule has 1 aliphatic carbocycles. The molecule has 0 atom stereocenters. The highest BCUT2D eigenvalue weighted by atomic mass is 32.2. The van der Waals surface area contributed by atoms with Crippen LogP contribution in [0.15, 0.2) is 81.1 Å². The minimum atomic E-state index is -1.06. The van der Waals surface area contributed by atoms with Crippen molar-refractivity contribution in [1.29, 1.82) is 0 Å². The van der Waals surface area contributed by atoms with Gasteiger partial charge in [-0.05, 0) is 54.8 Å². The molecule has 0 unspecified atom stereocenters. The lowest BCUT2D eigenvalue weighted by atomic mass is 9.93. The van der Waals surface area contributed by atoms with Gasteiger partial charge in [0.15, 0.2) is 5.69 Å². The summed E-state index contributed by atoms with van der Waals surface area (Å²) in [6.07, 6.45) is 3.83. The second-order valence-electron chi connectivity index (χ2n) is 7.74. The summed E-state index contributed by atoms with van der Waals surface area (Å²) in [6, 6.07) is 17.9. The molecule has 164 valence electrons. The monoisotopic (exact) mass is 464 g/mol. The molecule has 0 spiro atoms. The standard InChI is InChI=1S/C24H24N4O2S2/c25-20(13-16-6-7-16)19(12-15-8-10-18(32-26)11-9-15)22(17-4-2-1-3-5-17)28-24-27-21(14-31-24)23(29)30/h1-5,8-11,14,16H,6-7,12-13,25-26H2,(H,29,30). The summed E-state index contributed by atoms with van der Waals surface area (Å²) >= 11 is 2.42. The zero-order valence-corrected chi connectivity index (χ0v) is 19.0. The number of carboxylic acid groups (broad SMARTS) is 1. The molecule has 1 aromatic heterocycles. The number of hydrogen-bond acceptors (Lipinski definition) is 7. The predicted octanol–water partition coefficient (Wildman–Crippen LogP) is 5.18. The quantitative estimate of drug-likeness (QED) is 0.297. The molecule has 8 heteroatoms. The lowest BCUT2D eigenvalue weighted by Gasteiger charge is -2.16. The van der Waals surface area contributed by atoms with Gasteiger partial charge in [-0.1, -0.05) is 42.5 Å². The Bertz CT molecular complexity index is 1150. The van der Waals surface area contributed by atoms with Crippen LogP contribution in [-0.2, 0) is 6.42 Å². The maximum Gasteiger partial charge on any atom is 0.355 e. The van der Waals surface area contributed by atoms with Gasteiger partial charge in [0.2, 0.25) is 5.13 Å². The van der Waals surface area contributed by atoms with Gasteiger partial charge in [-0.15, -0.1) is 11.3 Å². The van der Waals surface area contributed by atoms with Crippen LogP contribution in [0.5, 0.6) is 0 Å². The molecule has 0 amide bonds. The van der Waals surface area contributed by atoms with Gasteiger partial charge >= 0.3 is 5.97 Å². The number of carbonyl (C=O) groups is 1. The molecule has 0 aliphatic heterocycles. The number of aliphatic imine (C=N–C) groups is 1. The van der Waals surface area contributed by atoms with Crippen molar-refractivity contribution in [1.82, 2.24) is 4.98 Å². The molecule has 4 rings (SSSR count). The summed E-state index contributed by atoms with van der Waals surface area (Å²) in [5, 5.41) is 16.8. The van der Waals surface area contributed by atoms with Gasteiger partial charge in [0.05, 0.1) is 5.71 Å². The molecular weight excluding hydrogens is 440 g/mol. The van der Waals surface area contributed by atoms with Crippen LogP contribution in [0.25, 0.3) is 0 Å². The van der Waals surface area contributed by atoms with Crippen LogP contribution in [0.3, 0.4) is 0 Å². The summed E-state index contributed by atoms with van der Waals surface area (Å²) in [4.78, 5) is 21.3. The first-order valence-electron chi connectivity index (χ1n) is 10.3. The molecule has 3 aromatic rings. The van der Waals surface area contributed by atoms with Crippen molar-refractivity contribution in [2.75, 3.05) is 0 Å². The van der Waals surface area contributed by atoms with E-state index in [-0.39, 0.29) is 5.69 Å². The molecule has 0 saturated heterocycles. The third kappa shape index (κ3) is 5.64. The fraction of sp³-hybridized carbons (Fsp3) is 0.208. The summed E-state index contributed by atoms with van der Waals surface area (Å²) in [7, 11) is 0. The van der Waals surface area contributed by atoms with Crippen molar-refractivity contribution in [3.8, 4) is 0 Å². The van der Waals surface area contributed by atoms with Crippen molar-refractivity contribution in [3.05, 3.63) is 88.1 Å². The Labute approximate surface area is 195 Å². The maximum atomic E-state index is 11.3. The van der Waals surface area contributed by atoms with E-state index >= 15 is 0 Å². The van der Waals surface area contributed by atoms with Gasteiger partial charge in [-0.3, -0.25) is 5.14 Å².